The van der Waals surface area contributed by atoms with E-state index < -0.39 is 0 Å². The van der Waals surface area contributed by atoms with Crippen molar-refractivity contribution in [3.63, 3.8) is 0 Å². The van der Waals surface area contributed by atoms with Crippen molar-refractivity contribution in [3.8, 4) is 0 Å². The maximum Gasteiger partial charge on any atom is 0.187 e. The van der Waals surface area contributed by atoms with Crippen molar-refractivity contribution >= 4 is 28.3 Å². The average Bonchev–Trinajstić information content (AvgIpc) is 0. The van der Waals surface area contributed by atoms with Crippen molar-refractivity contribution in [1.82, 2.24) is 0 Å². The molecule has 0 radical (unpaired) electrons. The molecule has 0 fully saturated rings. The summed E-state index contributed by atoms with van der Waals surface area (Å²) in [7, 11) is 0. The Kier molecular flexibility index (Phi) is 452. The molecule has 0 amide bonds. The molecule has 0 aliphatic heterocycles. The molecule has 0 saturated heterocycles. The Bertz CT molecular complexity index is 8.00. The van der Waals surface area contributed by atoms with Crippen molar-refractivity contribution in [2.24, 2.45) is 0 Å². The molecule has 0 unspecified atom stereocenters. The smallest absolute Gasteiger partial charge is 0.187 e. The Labute approximate surface area is 51.1 Å². The van der Waals surface area contributed by atoms with Crippen LogP contribution in [0.25, 0.3) is 0 Å². The second-order valence-electron chi connectivity index (χ2n) is 0. The molecule has 0 saturated carbocycles. The minimum atomic E-state index is 0. The summed E-state index contributed by atoms with van der Waals surface area (Å²) in [5.41, 5.74) is 0. The van der Waals surface area contributed by atoms with E-state index in [9.17, 15) is 0 Å². The Morgan fingerprint density at radius 3 is 1.00 bits per heavy atom. The van der Waals surface area contributed by atoms with Crippen LogP contribution in [-0.2, 0) is 17.1 Å². The summed E-state index contributed by atoms with van der Waals surface area (Å²) in [5.74, 6) is 0. The van der Waals surface area contributed by atoms with Crippen molar-refractivity contribution < 1.29 is 22.5 Å². The number of rotatable bonds is 0. The molecule has 30 valence electrons. The van der Waals surface area contributed by atoms with E-state index in [-0.39, 0.29) is 50.9 Å². The van der Waals surface area contributed by atoms with E-state index >= 15 is 0 Å². The van der Waals surface area contributed by atoms with Crippen molar-refractivity contribution in [2.45, 2.75) is 0 Å². The van der Waals surface area contributed by atoms with E-state index in [1.807, 2.05) is 0 Å². The van der Waals surface area contributed by atoms with Gasteiger partial charge in [0.15, 0.2) is 17.4 Å². The second kappa shape index (κ2) is 29.2. The zero-order chi connectivity index (χ0) is 0. The van der Waals surface area contributed by atoms with Crippen LogP contribution in [0.15, 0.2) is 0 Å². The normalized spacial score (nSPS) is 0. The van der Waals surface area contributed by atoms with E-state index in [4.69, 9.17) is 0 Å². The minimum Gasteiger partial charge on any atom is -0.412 e. The molecule has 0 spiro atoms. The van der Waals surface area contributed by atoms with Gasteiger partial charge in [-0.3, -0.25) is 0 Å². The maximum absolute atomic E-state index is 0. The Morgan fingerprint density at radius 2 is 1.00 bits per heavy atom. The predicted octanol–water partition coefficient (Wildman–Crippen LogP) is -3.46. The first kappa shape index (κ1) is 61.9. The molecule has 0 aromatic rings. The van der Waals surface area contributed by atoms with E-state index in [1.54, 1.807) is 0 Å². The van der Waals surface area contributed by atoms with Gasteiger partial charge < -0.3 is 5.48 Å². The van der Waals surface area contributed by atoms with Crippen LogP contribution in [0.3, 0.4) is 0 Å². The monoisotopic (exact) mass is 136 g/mol. The van der Waals surface area contributed by atoms with Crippen LogP contribution in [0, 0.1) is 0 Å². The molecule has 0 aliphatic rings. The molecule has 4 heteroatoms. The zero-order valence-corrected chi connectivity index (χ0v) is 1.96. The molecule has 2 N–H and O–H groups in total. The fourth-order valence-corrected chi connectivity index (χ4v) is 0. The van der Waals surface area contributed by atoms with Gasteiger partial charge in [0.2, 0.25) is 0 Å². The largest absolute Gasteiger partial charge is 0.412 e. The minimum absolute atomic E-state index is 0. The summed E-state index contributed by atoms with van der Waals surface area (Å²) in [6.45, 7) is 0. The molecule has 1 nitrogen and oxygen atoms in total. The van der Waals surface area contributed by atoms with Crippen LogP contribution < -0.4 is 0 Å². The third-order valence-electron chi connectivity index (χ3n) is 0. The third kappa shape index (κ3) is 10.6. The van der Waals surface area contributed by atoms with Crippen molar-refractivity contribution in [2.75, 3.05) is 0 Å². The molecule has 0 bridgehead atoms. The van der Waals surface area contributed by atoms with Crippen molar-refractivity contribution in [3.05, 3.63) is 0 Å². The van der Waals surface area contributed by atoms with Gasteiger partial charge in [0.25, 0.3) is 0 Å². The molecule has 4 heavy (non-hydrogen) atoms. The molecule has 0 heterocycles. The van der Waals surface area contributed by atoms with Gasteiger partial charge in [-0.1, -0.05) is 0 Å². The van der Waals surface area contributed by atoms with Gasteiger partial charge in [-0.2, -0.15) is 0 Å². The third-order valence-corrected chi connectivity index (χ3v) is 0. The SMILES string of the molecule is O.[AlH3].[Fe].[SiH4]. The first-order valence-corrected chi connectivity index (χ1v) is 0. The fraction of sp³-hybridized carbons (Fsp3) is 0. The number of hydrogen-bond acceptors (Lipinski definition) is 0. The number of hydrogen-bond donors (Lipinski definition) is 0. The summed E-state index contributed by atoms with van der Waals surface area (Å²) in [5, 5.41) is 0. The molecule has 0 aromatic carbocycles. The van der Waals surface area contributed by atoms with Gasteiger partial charge in [-0.15, -0.1) is 0 Å². The van der Waals surface area contributed by atoms with E-state index in [1.165, 1.54) is 0 Å². The van der Waals surface area contributed by atoms with Gasteiger partial charge in [-0.25, -0.2) is 0 Å². The van der Waals surface area contributed by atoms with Gasteiger partial charge >= 0.3 is 0 Å². The van der Waals surface area contributed by atoms with Gasteiger partial charge in [0.1, 0.15) is 0 Å². The van der Waals surface area contributed by atoms with Crippen LogP contribution in [0.4, 0.5) is 0 Å². The van der Waals surface area contributed by atoms with Crippen LogP contribution >= 0.6 is 0 Å². The molecule has 0 aromatic heterocycles. The Morgan fingerprint density at radius 1 is 1.00 bits per heavy atom. The topological polar surface area (TPSA) is 31.5 Å². The summed E-state index contributed by atoms with van der Waals surface area (Å²) < 4.78 is 0. The van der Waals surface area contributed by atoms with Crippen LogP contribution in [0.2, 0.25) is 0 Å². The van der Waals surface area contributed by atoms with Gasteiger partial charge in [0, 0.05) is 17.1 Å². The first-order chi connectivity index (χ1) is 0. The summed E-state index contributed by atoms with van der Waals surface area (Å²) in [4.78, 5) is 0. The van der Waals surface area contributed by atoms with Crippen molar-refractivity contribution in [1.29, 1.82) is 0 Å². The fourth-order valence-electron chi connectivity index (χ4n) is 0. The quantitative estimate of drug-likeness (QED) is 0.310. The van der Waals surface area contributed by atoms with Gasteiger partial charge in [-0.05, 0) is 11.0 Å². The summed E-state index contributed by atoms with van der Waals surface area (Å²) in [6, 6.07) is 0. The maximum atomic E-state index is 0. The van der Waals surface area contributed by atoms with E-state index in [0.29, 0.717) is 0 Å². The molecular formula is H9AlFeOSi. The van der Waals surface area contributed by atoms with E-state index in [0.717, 1.165) is 0 Å². The standard InChI is InChI=1S/Al.Fe.H2O.H4Si.3H/h;;1H2;1H4;;;. The Hall–Kier alpha value is 1.23. The van der Waals surface area contributed by atoms with E-state index in [2.05, 4.69) is 0 Å². The molecular weight excluding hydrogens is 127 g/mol. The predicted molar refractivity (Wildman–Crippen MR) is 24.9 cm³/mol. The van der Waals surface area contributed by atoms with Gasteiger partial charge in [0.05, 0.1) is 0 Å². The second-order valence-corrected chi connectivity index (χ2v) is 0. The van der Waals surface area contributed by atoms with Crippen LogP contribution in [-0.4, -0.2) is 33.8 Å². The van der Waals surface area contributed by atoms with Crippen LogP contribution in [0.1, 0.15) is 0 Å². The van der Waals surface area contributed by atoms with Crippen LogP contribution in [0.5, 0.6) is 0 Å². The molecule has 0 aliphatic carbocycles. The summed E-state index contributed by atoms with van der Waals surface area (Å²) >= 11 is 0. The Balaban J connectivity index is 0. The molecule has 0 rings (SSSR count). The first-order valence-electron chi connectivity index (χ1n) is 0. The zero-order valence-electron chi connectivity index (χ0n) is 0.854. The summed E-state index contributed by atoms with van der Waals surface area (Å²) in [6.07, 6.45) is 0. The average molecular weight is 136 g/mol. The molecule has 0 atom stereocenters.